The number of para-hydroxylation sites is 1. The molecule has 1 saturated heterocycles. The van der Waals surface area contributed by atoms with Gasteiger partial charge in [-0.25, -0.2) is 4.98 Å². The standard InChI is InChI=1S/C18H24N4OS/c1-4-21-10-12-22(13-11-21)17(23)16-14(2)19-18(24-16)20(3)15-8-6-5-7-9-15/h5-9H,4,10-13H2,1-3H3. The number of aryl methyl sites for hydroxylation is 1. The lowest BCUT2D eigenvalue weighted by atomic mass is 10.2. The maximum absolute atomic E-state index is 12.8. The minimum absolute atomic E-state index is 0.119. The van der Waals surface area contributed by atoms with Crippen molar-refractivity contribution in [2.45, 2.75) is 13.8 Å². The van der Waals surface area contributed by atoms with E-state index in [1.807, 2.05) is 54.1 Å². The zero-order valence-corrected chi connectivity index (χ0v) is 15.3. The van der Waals surface area contributed by atoms with Crippen LogP contribution in [0, 0.1) is 6.92 Å². The Balaban J connectivity index is 1.75. The third kappa shape index (κ3) is 3.44. The van der Waals surface area contributed by atoms with Crippen molar-refractivity contribution in [2.75, 3.05) is 44.7 Å². The molecule has 3 rings (SSSR count). The number of rotatable bonds is 4. The fraction of sp³-hybridized carbons (Fsp3) is 0.444. The Morgan fingerprint density at radius 1 is 1.21 bits per heavy atom. The van der Waals surface area contributed by atoms with Crippen molar-refractivity contribution in [3.05, 3.63) is 40.9 Å². The largest absolute Gasteiger partial charge is 0.335 e. The third-order valence-electron chi connectivity index (χ3n) is 4.52. The summed E-state index contributed by atoms with van der Waals surface area (Å²) in [5.41, 5.74) is 1.89. The predicted molar refractivity (Wildman–Crippen MR) is 99.4 cm³/mol. The minimum atomic E-state index is 0.119. The molecule has 24 heavy (non-hydrogen) atoms. The maximum atomic E-state index is 12.8. The predicted octanol–water partition coefficient (Wildman–Crippen LogP) is 3.00. The molecule has 1 aliphatic rings. The van der Waals surface area contributed by atoms with Crippen molar-refractivity contribution in [3.63, 3.8) is 0 Å². The van der Waals surface area contributed by atoms with Crippen LogP contribution in [0.1, 0.15) is 22.3 Å². The van der Waals surface area contributed by atoms with Gasteiger partial charge >= 0.3 is 0 Å². The minimum Gasteiger partial charge on any atom is -0.335 e. The number of thiazole rings is 1. The van der Waals surface area contributed by atoms with Crippen molar-refractivity contribution >= 4 is 28.1 Å². The van der Waals surface area contributed by atoms with Gasteiger partial charge in [-0.05, 0) is 25.6 Å². The topological polar surface area (TPSA) is 39.7 Å². The normalized spacial score (nSPS) is 15.5. The summed E-state index contributed by atoms with van der Waals surface area (Å²) in [6, 6.07) is 10.1. The van der Waals surface area contributed by atoms with Gasteiger partial charge in [-0.15, -0.1) is 0 Å². The van der Waals surface area contributed by atoms with Gasteiger partial charge in [0.2, 0.25) is 0 Å². The van der Waals surface area contributed by atoms with E-state index in [-0.39, 0.29) is 5.91 Å². The number of benzene rings is 1. The average molecular weight is 344 g/mol. The average Bonchev–Trinajstić information content (AvgIpc) is 3.03. The van der Waals surface area contributed by atoms with E-state index in [1.54, 1.807) is 0 Å². The second-order valence-corrected chi connectivity index (χ2v) is 7.01. The number of amides is 1. The van der Waals surface area contributed by atoms with Gasteiger partial charge in [0, 0.05) is 38.9 Å². The maximum Gasteiger partial charge on any atom is 0.266 e. The first kappa shape index (κ1) is 16.9. The number of carbonyl (C=O) groups is 1. The molecule has 1 aliphatic heterocycles. The summed E-state index contributed by atoms with van der Waals surface area (Å²) in [6.45, 7) is 8.65. The Labute approximate surface area is 147 Å². The van der Waals surface area contributed by atoms with Crippen LogP contribution in [0.4, 0.5) is 10.8 Å². The number of hydrogen-bond donors (Lipinski definition) is 0. The van der Waals surface area contributed by atoms with Crippen LogP contribution in [0.25, 0.3) is 0 Å². The molecule has 0 spiro atoms. The number of piperazine rings is 1. The molecule has 1 amide bonds. The van der Waals surface area contributed by atoms with E-state index in [0.29, 0.717) is 0 Å². The number of carbonyl (C=O) groups excluding carboxylic acids is 1. The van der Waals surface area contributed by atoms with Gasteiger partial charge in [-0.1, -0.05) is 36.5 Å². The number of hydrogen-bond acceptors (Lipinski definition) is 5. The quantitative estimate of drug-likeness (QED) is 0.855. The van der Waals surface area contributed by atoms with Crippen molar-refractivity contribution in [1.29, 1.82) is 0 Å². The second-order valence-electron chi connectivity index (χ2n) is 6.03. The molecule has 6 heteroatoms. The Morgan fingerprint density at radius 3 is 2.50 bits per heavy atom. The van der Waals surface area contributed by atoms with E-state index in [1.165, 1.54) is 11.3 Å². The zero-order valence-electron chi connectivity index (χ0n) is 14.5. The molecular weight excluding hydrogens is 320 g/mol. The van der Waals surface area contributed by atoms with Gasteiger partial charge in [0.05, 0.1) is 5.69 Å². The van der Waals surface area contributed by atoms with E-state index in [0.717, 1.165) is 54.1 Å². The summed E-state index contributed by atoms with van der Waals surface area (Å²) < 4.78 is 0. The molecule has 0 unspecified atom stereocenters. The Morgan fingerprint density at radius 2 is 1.88 bits per heavy atom. The van der Waals surface area contributed by atoms with Crippen molar-refractivity contribution in [3.8, 4) is 0 Å². The summed E-state index contributed by atoms with van der Waals surface area (Å²) in [7, 11) is 1.99. The Kier molecular flexibility index (Phi) is 5.16. The first-order chi connectivity index (χ1) is 11.6. The van der Waals surface area contributed by atoms with Crippen LogP contribution in [0.15, 0.2) is 30.3 Å². The molecule has 0 aliphatic carbocycles. The van der Waals surface area contributed by atoms with E-state index < -0.39 is 0 Å². The van der Waals surface area contributed by atoms with E-state index in [9.17, 15) is 4.79 Å². The van der Waals surface area contributed by atoms with Crippen LogP contribution in [-0.2, 0) is 0 Å². The Hall–Kier alpha value is -1.92. The molecule has 0 radical (unpaired) electrons. The van der Waals surface area contributed by atoms with Crippen LogP contribution in [0.2, 0.25) is 0 Å². The highest BCUT2D eigenvalue weighted by Crippen LogP contribution is 2.31. The smallest absolute Gasteiger partial charge is 0.266 e. The molecule has 0 bridgehead atoms. The molecule has 2 heterocycles. The molecule has 2 aromatic rings. The van der Waals surface area contributed by atoms with Gasteiger partial charge in [0.1, 0.15) is 4.88 Å². The highest BCUT2D eigenvalue weighted by atomic mass is 32.1. The monoisotopic (exact) mass is 344 g/mol. The summed E-state index contributed by atoms with van der Waals surface area (Å²) in [5, 5.41) is 0.856. The van der Waals surface area contributed by atoms with Gasteiger partial charge in [-0.3, -0.25) is 4.79 Å². The van der Waals surface area contributed by atoms with Gasteiger partial charge in [0.15, 0.2) is 5.13 Å². The summed E-state index contributed by atoms with van der Waals surface area (Å²) in [4.78, 5) is 24.6. The molecule has 0 atom stereocenters. The third-order valence-corrected chi connectivity index (χ3v) is 5.74. The van der Waals surface area contributed by atoms with Crippen LogP contribution in [-0.4, -0.2) is 60.5 Å². The number of nitrogens with zero attached hydrogens (tertiary/aromatic N) is 4. The summed E-state index contributed by atoms with van der Waals surface area (Å²) in [6.07, 6.45) is 0. The lowest BCUT2D eigenvalue weighted by Crippen LogP contribution is -2.48. The fourth-order valence-electron chi connectivity index (χ4n) is 2.90. The molecule has 1 aromatic carbocycles. The number of likely N-dealkylation sites (N-methyl/N-ethyl adjacent to an activating group) is 1. The molecule has 0 saturated carbocycles. The van der Waals surface area contributed by atoms with Gasteiger partial charge < -0.3 is 14.7 Å². The second kappa shape index (κ2) is 7.32. The summed E-state index contributed by atoms with van der Waals surface area (Å²) >= 11 is 1.48. The van der Waals surface area contributed by atoms with E-state index in [4.69, 9.17) is 0 Å². The van der Waals surface area contributed by atoms with E-state index in [2.05, 4.69) is 16.8 Å². The first-order valence-electron chi connectivity index (χ1n) is 8.38. The van der Waals surface area contributed by atoms with Crippen molar-refractivity contribution in [1.82, 2.24) is 14.8 Å². The number of aromatic nitrogens is 1. The lowest BCUT2D eigenvalue weighted by molar-refractivity contribution is 0.0647. The van der Waals surface area contributed by atoms with Crippen LogP contribution in [0.3, 0.4) is 0 Å². The molecule has 128 valence electrons. The molecular formula is C18H24N4OS. The summed E-state index contributed by atoms with van der Waals surface area (Å²) in [5.74, 6) is 0.119. The number of anilines is 2. The highest BCUT2D eigenvalue weighted by Gasteiger charge is 2.25. The molecule has 1 aromatic heterocycles. The zero-order chi connectivity index (χ0) is 17.1. The molecule has 0 N–H and O–H groups in total. The van der Waals surface area contributed by atoms with Gasteiger partial charge in [0.25, 0.3) is 5.91 Å². The fourth-order valence-corrected chi connectivity index (χ4v) is 3.91. The van der Waals surface area contributed by atoms with Crippen molar-refractivity contribution in [2.24, 2.45) is 0 Å². The van der Waals surface area contributed by atoms with Crippen LogP contribution in [0.5, 0.6) is 0 Å². The Bertz CT molecular complexity index is 692. The first-order valence-corrected chi connectivity index (χ1v) is 9.19. The lowest BCUT2D eigenvalue weighted by Gasteiger charge is -2.33. The van der Waals surface area contributed by atoms with Crippen molar-refractivity contribution < 1.29 is 4.79 Å². The van der Waals surface area contributed by atoms with Crippen LogP contribution < -0.4 is 4.90 Å². The molecule has 1 fully saturated rings. The highest BCUT2D eigenvalue weighted by molar-refractivity contribution is 7.17. The van der Waals surface area contributed by atoms with Crippen LogP contribution >= 0.6 is 11.3 Å². The van der Waals surface area contributed by atoms with Gasteiger partial charge in [-0.2, -0.15) is 0 Å². The SMILES string of the molecule is CCN1CCN(C(=O)c2sc(N(C)c3ccccc3)nc2C)CC1. The van der Waals surface area contributed by atoms with E-state index >= 15 is 0 Å². The molecule has 5 nitrogen and oxygen atoms in total.